The molecule has 25 heavy (non-hydrogen) atoms. The number of thioether (sulfide) groups is 1. The van der Waals surface area contributed by atoms with Crippen molar-refractivity contribution in [3.8, 4) is 0 Å². The molecule has 6 nitrogen and oxygen atoms in total. The van der Waals surface area contributed by atoms with Crippen LogP contribution in [0.5, 0.6) is 0 Å². The number of anilines is 2. The zero-order valence-electron chi connectivity index (χ0n) is 14.6. The highest BCUT2D eigenvalue weighted by molar-refractivity contribution is 7.99. The number of carbonyl (C=O) groups is 1. The highest BCUT2D eigenvalue weighted by Crippen LogP contribution is 2.22. The van der Waals surface area contributed by atoms with Gasteiger partial charge in [0.05, 0.1) is 5.75 Å². The summed E-state index contributed by atoms with van der Waals surface area (Å²) in [6.07, 6.45) is 6.86. The summed E-state index contributed by atoms with van der Waals surface area (Å²) < 4.78 is 1.92. The highest BCUT2D eigenvalue weighted by Gasteiger charge is 2.11. The predicted octanol–water partition coefficient (Wildman–Crippen LogP) is 3.41. The summed E-state index contributed by atoms with van der Waals surface area (Å²) in [5, 5.41) is 11.6. The van der Waals surface area contributed by atoms with Gasteiger partial charge in [-0.15, -0.1) is 10.2 Å². The average molecular weight is 359 g/mol. The van der Waals surface area contributed by atoms with Crippen LogP contribution in [0.25, 0.3) is 0 Å². The standard InChI is InChI=1S/C18H25N5OS/c1-2-22-14-19-21-18(22)25-13-17(24)20-15-7-9-16(10-8-15)23-11-5-3-4-6-12-23/h7-10,14H,2-6,11-13H2,1H3,(H,20,24). The van der Waals surface area contributed by atoms with Crippen LogP contribution in [0.4, 0.5) is 11.4 Å². The minimum atomic E-state index is -0.0295. The van der Waals surface area contributed by atoms with Crippen molar-refractivity contribution in [3.05, 3.63) is 30.6 Å². The molecular weight excluding hydrogens is 334 g/mol. The van der Waals surface area contributed by atoms with E-state index in [-0.39, 0.29) is 5.91 Å². The zero-order valence-corrected chi connectivity index (χ0v) is 15.5. The van der Waals surface area contributed by atoms with E-state index in [0.717, 1.165) is 30.5 Å². The first-order valence-electron chi connectivity index (χ1n) is 8.91. The lowest BCUT2D eigenvalue weighted by molar-refractivity contribution is -0.113. The largest absolute Gasteiger partial charge is 0.372 e. The molecule has 1 saturated heterocycles. The first-order chi connectivity index (χ1) is 12.3. The van der Waals surface area contributed by atoms with Crippen molar-refractivity contribution in [1.82, 2.24) is 14.8 Å². The van der Waals surface area contributed by atoms with Crippen molar-refractivity contribution in [1.29, 1.82) is 0 Å². The zero-order chi connectivity index (χ0) is 17.5. The maximum atomic E-state index is 12.1. The molecule has 1 aromatic carbocycles. The molecule has 0 radical (unpaired) electrons. The Morgan fingerprint density at radius 2 is 1.88 bits per heavy atom. The third kappa shape index (κ3) is 4.98. The molecule has 1 amide bonds. The molecule has 0 atom stereocenters. The van der Waals surface area contributed by atoms with Crippen molar-refractivity contribution < 1.29 is 4.79 Å². The molecule has 0 aliphatic carbocycles. The summed E-state index contributed by atoms with van der Waals surface area (Å²) >= 11 is 1.40. The summed E-state index contributed by atoms with van der Waals surface area (Å²) in [6, 6.07) is 8.16. The molecule has 1 aliphatic heterocycles. The molecular formula is C18H25N5OS. The van der Waals surface area contributed by atoms with Crippen LogP contribution in [-0.2, 0) is 11.3 Å². The minimum absolute atomic E-state index is 0.0295. The van der Waals surface area contributed by atoms with Crippen LogP contribution in [0.3, 0.4) is 0 Å². The highest BCUT2D eigenvalue weighted by atomic mass is 32.2. The number of hydrogen-bond acceptors (Lipinski definition) is 5. The van der Waals surface area contributed by atoms with Gasteiger partial charge in [-0.3, -0.25) is 4.79 Å². The summed E-state index contributed by atoms with van der Waals surface area (Å²) in [4.78, 5) is 14.6. The second-order valence-corrected chi connectivity index (χ2v) is 7.13. The van der Waals surface area contributed by atoms with E-state index in [2.05, 4.69) is 32.5 Å². The summed E-state index contributed by atoms with van der Waals surface area (Å²) in [6.45, 7) is 5.08. The fourth-order valence-electron chi connectivity index (χ4n) is 2.98. The van der Waals surface area contributed by atoms with Crippen molar-refractivity contribution in [2.24, 2.45) is 0 Å². The number of nitrogens with zero attached hydrogens (tertiary/aromatic N) is 4. The Morgan fingerprint density at radius 1 is 1.16 bits per heavy atom. The van der Waals surface area contributed by atoms with Gasteiger partial charge in [0.25, 0.3) is 0 Å². The van der Waals surface area contributed by atoms with Crippen molar-refractivity contribution in [2.45, 2.75) is 44.3 Å². The molecule has 3 rings (SSSR count). The smallest absolute Gasteiger partial charge is 0.234 e. The fraction of sp³-hybridized carbons (Fsp3) is 0.500. The Labute approximate surface area is 153 Å². The summed E-state index contributed by atoms with van der Waals surface area (Å²) in [7, 11) is 0. The van der Waals surface area contributed by atoms with Gasteiger partial charge in [0.1, 0.15) is 6.33 Å². The minimum Gasteiger partial charge on any atom is -0.372 e. The van der Waals surface area contributed by atoms with Gasteiger partial charge < -0.3 is 14.8 Å². The number of benzene rings is 1. The van der Waals surface area contributed by atoms with Gasteiger partial charge in [-0.05, 0) is 44.0 Å². The molecule has 1 N–H and O–H groups in total. The normalized spacial score (nSPS) is 15.0. The molecule has 2 aromatic rings. The number of carbonyl (C=O) groups excluding carboxylic acids is 1. The number of rotatable bonds is 6. The molecule has 0 spiro atoms. The third-order valence-electron chi connectivity index (χ3n) is 4.38. The molecule has 134 valence electrons. The van der Waals surface area contributed by atoms with Crippen molar-refractivity contribution in [2.75, 3.05) is 29.1 Å². The summed E-state index contributed by atoms with van der Waals surface area (Å²) in [5.74, 6) is 0.296. The molecule has 1 aliphatic rings. The van der Waals surface area contributed by atoms with Gasteiger partial charge in [-0.25, -0.2) is 0 Å². The Kier molecular flexibility index (Phi) is 6.33. The van der Waals surface area contributed by atoms with Gasteiger partial charge in [-0.1, -0.05) is 24.6 Å². The average Bonchev–Trinajstić information content (AvgIpc) is 2.92. The van der Waals surface area contributed by atoms with E-state index in [1.807, 2.05) is 23.6 Å². The number of aryl methyl sites for hydroxylation is 1. The monoisotopic (exact) mass is 359 g/mol. The van der Waals surface area contributed by atoms with Crippen molar-refractivity contribution in [3.63, 3.8) is 0 Å². The van der Waals surface area contributed by atoms with Crippen LogP contribution in [0.1, 0.15) is 32.6 Å². The molecule has 2 heterocycles. The van der Waals surface area contributed by atoms with E-state index in [9.17, 15) is 4.79 Å². The molecule has 0 bridgehead atoms. The van der Waals surface area contributed by atoms with Gasteiger partial charge >= 0.3 is 0 Å². The topological polar surface area (TPSA) is 63.1 Å². The molecule has 1 aromatic heterocycles. The van der Waals surface area contributed by atoms with Crippen LogP contribution >= 0.6 is 11.8 Å². The fourth-order valence-corrected chi connectivity index (χ4v) is 3.76. The maximum absolute atomic E-state index is 12.1. The number of hydrogen-bond donors (Lipinski definition) is 1. The SMILES string of the molecule is CCn1cnnc1SCC(=O)Nc1ccc(N2CCCCCC2)cc1. The predicted molar refractivity (Wildman–Crippen MR) is 102 cm³/mol. The van der Waals surface area contributed by atoms with Crippen LogP contribution in [0.15, 0.2) is 35.7 Å². The van der Waals surface area contributed by atoms with Crippen LogP contribution in [0.2, 0.25) is 0 Å². The molecule has 0 saturated carbocycles. The quantitative estimate of drug-likeness (QED) is 0.801. The lowest BCUT2D eigenvalue weighted by Gasteiger charge is -2.22. The Bertz CT molecular complexity index is 677. The number of aromatic nitrogens is 3. The Balaban J connectivity index is 1.51. The first kappa shape index (κ1) is 17.8. The van der Waals surface area contributed by atoms with E-state index in [1.165, 1.54) is 43.1 Å². The Morgan fingerprint density at radius 3 is 2.56 bits per heavy atom. The first-order valence-corrected chi connectivity index (χ1v) is 9.90. The van der Waals surface area contributed by atoms with E-state index in [0.29, 0.717) is 5.75 Å². The van der Waals surface area contributed by atoms with Gasteiger partial charge in [-0.2, -0.15) is 0 Å². The number of amides is 1. The van der Waals surface area contributed by atoms with Gasteiger partial charge in [0.15, 0.2) is 5.16 Å². The van der Waals surface area contributed by atoms with Crippen LogP contribution in [-0.4, -0.2) is 39.5 Å². The molecule has 0 unspecified atom stereocenters. The summed E-state index contributed by atoms with van der Waals surface area (Å²) in [5.41, 5.74) is 2.08. The molecule has 1 fully saturated rings. The number of nitrogens with one attached hydrogen (secondary N) is 1. The Hall–Kier alpha value is -2.02. The van der Waals surface area contributed by atoms with Crippen LogP contribution < -0.4 is 10.2 Å². The van der Waals surface area contributed by atoms with Gasteiger partial charge in [0, 0.05) is 31.0 Å². The van der Waals surface area contributed by atoms with Gasteiger partial charge in [0.2, 0.25) is 5.91 Å². The van der Waals surface area contributed by atoms with E-state index >= 15 is 0 Å². The van der Waals surface area contributed by atoms with E-state index in [4.69, 9.17) is 0 Å². The van der Waals surface area contributed by atoms with E-state index in [1.54, 1.807) is 6.33 Å². The lowest BCUT2D eigenvalue weighted by Crippen LogP contribution is -2.23. The lowest BCUT2D eigenvalue weighted by atomic mass is 10.2. The maximum Gasteiger partial charge on any atom is 0.234 e. The second kappa shape index (κ2) is 8.89. The molecule has 7 heteroatoms. The van der Waals surface area contributed by atoms with E-state index < -0.39 is 0 Å². The third-order valence-corrected chi connectivity index (χ3v) is 5.36. The second-order valence-electron chi connectivity index (χ2n) is 6.18. The van der Waals surface area contributed by atoms with Crippen molar-refractivity contribution >= 4 is 29.0 Å². The van der Waals surface area contributed by atoms with Crippen LogP contribution in [0, 0.1) is 0 Å².